The summed E-state index contributed by atoms with van der Waals surface area (Å²) in [5.74, 6) is -0.860. The summed E-state index contributed by atoms with van der Waals surface area (Å²) in [6, 6.07) is 3.65. The number of carboxylic acids is 1. The molecule has 0 bridgehead atoms. The van der Waals surface area contributed by atoms with E-state index in [-0.39, 0.29) is 0 Å². The Balaban J connectivity index is 3.37. The minimum absolute atomic E-state index is 0.389. The zero-order valence-electron chi connectivity index (χ0n) is 6.27. The smallest absolute Gasteiger partial charge is 0.336 e. The summed E-state index contributed by atoms with van der Waals surface area (Å²) in [6.45, 7) is 1.89. The maximum atomic E-state index is 10.7. The van der Waals surface area contributed by atoms with Crippen molar-refractivity contribution >= 4 is 51.2 Å². The van der Waals surface area contributed by atoms with E-state index in [4.69, 9.17) is 5.11 Å². The van der Waals surface area contributed by atoms with Crippen LogP contribution >= 0.6 is 45.2 Å². The molecule has 1 N–H and O–H groups in total. The monoisotopic (exact) mass is 388 g/mol. The average molecular weight is 388 g/mol. The van der Waals surface area contributed by atoms with Crippen molar-refractivity contribution in [3.8, 4) is 0 Å². The highest BCUT2D eigenvalue weighted by Crippen LogP contribution is 2.21. The van der Waals surface area contributed by atoms with Crippen molar-refractivity contribution in [3.63, 3.8) is 0 Å². The molecule has 2 nitrogen and oxygen atoms in total. The zero-order chi connectivity index (χ0) is 9.30. The van der Waals surface area contributed by atoms with Gasteiger partial charge in [-0.3, -0.25) is 0 Å². The van der Waals surface area contributed by atoms with Crippen molar-refractivity contribution in [1.29, 1.82) is 0 Å². The van der Waals surface area contributed by atoms with E-state index < -0.39 is 5.97 Å². The highest BCUT2D eigenvalue weighted by molar-refractivity contribution is 14.1. The first-order valence-corrected chi connectivity index (χ1v) is 5.37. The Hall–Kier alpha value is 0.150. The summed E-state index contributed by atoms with van der Waals surface area (Å²) in [6.07, 6.45) is 0. The van der Waals surface area contributed by atoms with Gasteiger partial charge in [-0.2, -0.15) is 0 Å². The Bertz CT molecular complexity index is 334. The minimum Gasteiger partial charge on any atom is -0.478 e. The topological polar surface area (TPSA) is 37.3 Å². The fourth-order valence-electron chi connectivity index (χ4n) is 0.880. The lowest BCUT2D eigenvalue weighted by atomic mass is 10.1. The predicted molar refractivity (Wildman–Crippen MR) is 63.6 cm³/mol. The molecule has 4 heteroatoms. The highest BCUT2D eigenvalue weighted by atomic mass is 127. The van der Waals surface area contributed by atoms with Crippen molar-refractivity contribution in [1.82, 2.24) is 0 Å². The molecule has 0 saturated carbocycles. The van der Waals surface area contributed by atoms with Crippen molar-refractivity contribution in [2.75, 3.05) is 0 Å². The van der Waals surface area contributed by atoms with Gasteiger partial charge >= 0.3 is 5.97 Å². The molecule has 0 aliphatic carbocycles. The van der Waals surface area contributed by atoms with Crippen LogP contribution in [-0.4, -0.2) is 11.1 Å². The molecule has 0 unspecified atom stereocenters. The molecule has 0 aliphatic heterocycles. The molecule has 0 aromatic heterocycles. The van der Waals surface area contributed by atoms with E-state index in [9.17, 15) is 4.79 Å². The van der Waals surface area contributed by atoms with Crippen LogP contribution in [0.5, 0.6) is 0 Å². The van der Waals surface area contributed by atoms with Gasteiger partial charge in [-0.25, -0.2) is 4.79 Å². The van der Waals surface area contributed by atoms with Crippen LogP contribution in [-0.2, 0) is 0 Å². The van der Waals surface area contributed by atoms with Crippen molar-refractivity contribution < 1.29 is 9.90 Å². The molecule has 0 amide bonds. The second kappa shape index (κ2) is 3.91. The first-order chi connectivity index (χ1) is 5.52. The Morgan fingerprint density at radius 3 is 2.50 bits per heavy atom. The first-order valence-electron chi connectivity index (χ1n) is 3.21. The van der Waals surface area contributed by atoms with Gasteiger partial charge in [0.05, 0.1) is 5.56 Å². The van der Waals surface area contributed by atoms with Crippen LogP contribution in [0.1, 0.15) is 15.9 Å². The molecule has 1 aromatic rings. The predicted octanol–water partition coefficient (Wildman–Crippen LogP) is 2.90. The van der Waals surface area contributed by atoms with Crippen LogP contribution < -0.4 is 0 Å². The van der Waals surface area contributed by atoms with Gasteiger partial charge in [0.1, 0.15) is 0 Å². The van der Waals surface area contributed by atoms with E-state index in [2.05, 4.69) is 22.6 Å². The normalized spacial score (nSPS) is 9.92. The van der Waals surface area contributed by atoms with Crippen molar-refractivity contribution in [3.05, 3.63) is 30.4 Å². The SMILES string of the molecule is Cc1cc(I)c(I)c(C(=O)O)c1. The fraction of sp³-hybridized carbons (Fsp3) is 0.125. The van der Waals surface area contributed by atoms with Crippen LogP contribution in [0.4, 0.5) is 0 Å². The van der Waals surface area contributed by atoms with Gasteiger partial charge in [-0.1, -0.05) is 0 Å². The number of carbonyl (C=O) groups is 1. The van der Waals surface area contributed by atoms with Crippen molar-refractivity contribution in [2.45, 2.75) is 6.92 Å². The number of rotatable bonds is 1. The van der Waals surface area contributed by atoms with E-state index in [1.165, 1.54) is 0 Å². The molecule has 0 saturated heterocycles. The first kappa shape index (κ1) is 10.2. The van der Waals surface area contributed by atoms with Crippen LogP contribution in [0.15, 0.2) is 12.1 Å². The van der Waals surface area contributed by atoms with E-state index in [1.807, 2.05) is 35.6 Å². The van der Waals surface area contributed by atoms with Gasteiger partial charge in [-0.15, -0.1) is 0 Å². The van der Waals surface area contributed by atoms with Gasteiger partial charge in [0.15, 0.2) is 0 Å². The molecule has 0 spiro atoms. The number of hydrogen-bond donors (Lipinski definition) is 1. The molecule has 0 atom stereocenters. The second-order valence-corrected chi connectivity index (χ2v) is 4.65. The van der Waals surface area contributed by atoms with Gasteiger partial charge in [0.25, 0.3) is 0 Å². The lowest BCUT2D eigenvalue weighted by Crippen LogP contribution is -2.01. The van der Waals surface area contributed by atoms with Crippen molar-refractivity contribution in [2.24, 2.45) is 0 Å². The molecule has 64 valence electrons. The quantitative estimate of drug-likeness (QED) is 0.752. The number of carboxylic acid groups (broad SMARTS) is 1. The van der Waals surface area contributed by atoms with E-state index in [1.54, 1.807) is 6.07 Å². The summed E-state index contributed by atoms with van der Waals surface area (Å²) >= 11 is 4.19. The maximum Gasteiger partial charge on any atom is 0.336 e. The summed E-state index contributed by atoms with van der Waals surface area (Å²) < 4.78 is 1.80. The van der Waals surface area contributed by atoms with E-state index >= 15 is 0 Å². The van der Waals surface area contributed by atoms with Gasteiger partial charge in [0, 0.05) is 7.14 Å². The standard InChI is InChI=1S/C8H6I2O2/c1-4-2-5(8(11)12)7(10)6(9)3-4/h2-3H,1H3,(H,11,12). The molecule has 12 heavy (non-hydrogen) atoms. The van der Waals surface area contributed by atoms with Crippen LogP contribution in [0.2, 0.25) is 0 Å². The van der Waals surface area contributed by atoms with Crippen LogP contribution in [0, 0.1) is 14.1 Å². The number of aryl methyl sites for hydroxylation is 1. The van der Waals surface area contributed by atoms with Crippen LogP contribution in [0.3, 0.4) is 0 Å². The number of aromatic carboxylic acids is 1. The average Bonchev–Trinajstić information content (AvgIpc) is 1.96. The summed E-state index contributed by atoms with van der Waals surface area (Å²) in [5.41, 5.74) is 1.37. The Labute approximate surface area is 97.6 Å². The summed E-state index contributed by atoms with van der Waals surface area (Å²) in [7, 11) is 0. The lowest BCUT2D eigenvalue weighted by Gasteiger charge is -2.02. The van der Waals surface area contributed by atoms with E-state index in [0.717, 1.165) is 12.7 Å². The number of hydrogen-bond acceptors (Lipinski definition) is 1. The Morgan fingerprint density at radius 1 is 1.42 bits per heavy atom. The third kappa shape index (κ3) is 2.09. The molecule has 0 heterocycles. The zero-order valence-corrected chi connectivity index (χ0v) is 10.6. The molecule has 1 rings (SSSR count). The molecular formula is C8H6I2O2. The number of benzene rings is 1. The van der Waals surface area contributed by atoms with Crippen LogP contribution in [0.25, 0.3) is 0 Å². The summed E-state index contributed by atoms with van der Waals surface area (Å²) in [4.78, 5) is 10.7. The minimum atomic E-state index is -0.860. The largest absolute Gasteiger partial charge is 0.478 e. The summed E-state index contributed by atoms with van der Waals surface area (Å²) in [5, 5.41) is 8.81. The van der Waals surface area contributed by atoms with Gasteiger partial charge < -0.3 is 5.11 Å². The van der Waals surface area contributed by atoms with Gasteiger partial charge in [-0.05, 0) is 69.8 Å². The Morgan fingerprint density at radius 2 is 2.00 bits per heavy atom. The fourth-order valence-corrected chi connectivity index (χ4v) is 2.20. The van der Waals surface area contributed by atoms with Gasteiger partial charge in [0.2, 0.25) is 0 Å². The molecule has 0 fully saturated rings. The third-order valence-electron chi connectivity index (χ3n) is 1.40. The molecule has 1 aromatic carbocycles. The maximum absolute atomic E-state index is 10.7. The Kier molecular flexibility index (Phi) is 3.33. The molecule has 0 aliphatic rings. The van der Waals surface area contributed by atoms with E-state index in [0.29, 0.717) is 5.56 Å². The molecular weight excluding hydrogens is 382 g/mol. The lowest BCUT2D eigenvalue weighted by molar-refractivity contribution is 0.0695. The second-order valence-electron chi connectivity index (χ2n) is 2.41. The third-order valence-corrected chi connectivity index (χ3v) is 4.45. The number of halogens is 2. The molecule has 0 radical (unpaired) electrons. The highest BCUT2D eigenvalue weighted by Gasteiger charge is 2.10.